The molecule has 0 amide bonds. The molecule has 0 radical (unpaired) electrons. The van der Waals surface area contributed by atoms with Gasteiger partial charge in [0.05, 0.1) is 12.7 Å². The van der Waals surface area contributed by atoms with E-state index in [2.05, 4.69) is 0 Å². The molecule has 3 nitrogen and oxygen atoms in total. The quantitative estimate of drug-likeness (QED) is 0.550. The molecule has 0 saturated carbocycles. The van der Waals surface area contributed by atoms with Crippen LogP contribution < -0.4 is 5.73 Å². The molecule has 0 fully saturated rings. The molecular formula is C8H19NO2. The largest absolute Gasteiger partial charge is 0.395 e. The van der Waals surface area contributed by atoms with Crippen LogP contribution in [0.3, 0.4) is 0 Å². The molecule has 3 heteroatoms. The Morgan fingerprint density at radius 1 is 1.36 bits per heavy atom. The van der Waals surface area contributed by atoms with Crippen molar-refractivity contribution in [2.75, 3.05) is 6.61 Å². The summed E-state index contributed by atoms with van der Waals surface area (Å²) in [5, 5.41) is 18.1. The fourth-order valence-electron chi connectivity index (χ4n) is 0.715. The van der Waals surface area contributed by atoms with Crippen LogP contribution in [0.15, 0.2) is 0 Å². The van der Waals surface area contributed by atoms with Gasteiger partial charge in [0.2, 0.25) is 0 Å². The van der Waals surface area contributed by atoms with Crippen molar-refractivity contribution in [3.05, 3.63) is 0 Å². The lowest BCUT2D eigenvalue weighted by molar-refractivity contribution is 0.0439. The third-order valence-electron chi connectivity index (χ3n) is 1.76. The van der Waals surface area contributed by atoms with Gasteiger partial charge >= 0.3 is 0 Å². The molecule has 0 saturated heterocycles. The lowest BCUT2D eigenvalue weighted by atomic mass is 9.86. The molecular weight excluding hydrogens is 142 g/mol. The van der Waals surface area contributed by atoms with E-state index in [4.69, 9.17) is 10.8 Å². The molecule has 0 aliphatic rings. The zero-order valence-corrected chi connectivity index (χ0v) is 7.54. The molecule has 0 unspecified atom stereocenters. The first-order chi connectivity index (χ1) is 4.88. The van der Waals surface area contributed by atoms with Gasteiger partial charge in [-0.2, -0.15) is 0 Å². The second-order valence-corrected chi connectivity index (χ2v) is 4.06. The summed E-state index contributed by atoms with van der Waals surface area (Å²) in [4.78, 5) is 0. The highest BCUT2D eigenvalue weighted by atomic mass is 16.3. The Morgan fingerprint density at radius 2 is 1.82 bits per heavy atom. The van der Waals surface area contributed by atoms with Crippen molar-refractivity contribution in [1.29, 1.82) is 0 Å². The van der Waals surface area contributed by atoms with Crippen molar-refractivity contribution < 1.29 is 10.2 Å². The van der Waals surface area contributed by atoms with Crippen LogP contribution in [-0.4, -0.2) is 29.0 Å². The Hall–Kier alpha value is -0.120. The van der Waals surface area contributed by atoms with Crippen LogP contribution in [0.1, 0.15) is 27.2 Å². The molecule has 2 atom stereocenters. The Kier molecular flexibility index (Phi) is 4.00. The normalized spacial score (nSPS) is 18.0. The number of aliphatic hydroxyl groups excluding tert-OH is 2. The van der Waals surface area contributed by atoms with Gasteiger partial charge in [-0.3, -0.25) is 0 Å². The van der Waals surface area contributed by atoms with Crippen molar-refractivity contribution in [2.24, 2.45) is 11.1 Å². The summed E-state index contributed by atoms with van der Waals surface area (Å²) < 4.78 is 0. The topological polar surface area (TPSA) is 66.5 Å². The number of aliphatic hydroxyl groups is 2. The van der Waals surface area contributed by atoms with E-state index in [1.165, 1.54) is 0 Å². The first-order valence-corrected chi connectivity index (χ1v) is 3.92. The monoisotopic (exact) mass is 161 g/mol. The molecule has 0 heterocycles. The molecule has 0 aromatic carbocycles. The third kappa shape index (κ3) is 4.35. The van der Waals surface area contributed by atoms with Crippen LogP contribution in [0.5, 0.6) is 0 Å². The minimum Gasteiger partial charge on any atom is -0.395 e. The van der Waals surface area contributed by atoms with Crippen molar-refractivity contribution in [3.8, 4) is 0 Å². The summed E-state index contributed by atoms with van der Waals surface area (Å²) >= 11 is 0. The second kappa shape index (κ2) is 4.04. The maximum Gasteiger partial charge on any atom is 0.0604 e. The predicted octanol–water partition coefficient (Wildman–Crippen LogP) is 0.103. The van der Waals surface area contributed by atoms with Gasteiger partial charge in [-0.1, -0.05) is 20.8 Å². The van der Waals surface area contributed by atoms with Gasteiger partial charge in [0.25, 0.3) is 0 Å². The van der Waals surface area contributed by atoms with E-state index in [1.54, 1.807) is 0 Å². The number of hydrogen-bond acceptors (Lipinski definition) is 3. The van der Waals surface area contributed by atoms with E-state index >= 15 is 0 Å². The maximum absolute atomic E-state index is 9.50. The van der Waals surface area contributed by atoms with Crippen molar-refractivity contribution >= 4 is 0 Å². The highest BCUT2D eigenvalue weighted by Crippen LogP contribution is 2.21. The molecule has 0 spiro atoms. The van der Waals surface area contributed by atoms with Crippen LogP contribution in [0, 0.1) is 5.41 Å². The van der Waals surface area contributed by atoms with E-state index in [-0.39, 0.29) is 18.1 Å². The van der Waals surface area contributed by atoms with Gasteiger partial charge in [0, 0.05) is 6.04 Å². The van der Waals surface area contributed by atoms with E-state index < -0.39 is 6.10 Å². The Bertz CT molecular complexity index is 109. The number of nitrogens with two attached hydrogens (primary N) is 1. The summed E-state index contributed by atoms with van der Waals surface area (Å²) in [5.41, 5.74) is 5.31. The Balaban J connectivity index is 3.77. The Morgan fingerprint density at radius 3 is 2.09 bits per heavy atom. The summed E-state index contributed by atoms with van der Waals surface area (Å²) in [6.07, 6.45) is 0.0182. The van der Waals surface area contributed by atoms with E-state index in [9.17, 15) is 5.11 Å². The van der Waals surface area contributed by atoms with Gasteiger partial charge in [0.15, 0.2) is 0 Å². The molecule has 0 bridgehead atoms. The summed E-state index contributed by atoms with van der Waals surface area (Å²) in [5.74, 6) is 0. The van der Waals surface area contributed by atoms with Gasteiger partial charge < -0.3 is 15.9 Å². The fourth-order valence-corrected chi connectivity index (χ4v) is 0.715. The van der Waals surface area contributed by atoms with Crippen LogP contribution in [-0.2, 0) is 0 Å². The summed E-state index contributed by atoms with van der Waals surface area (Å²) in [6, 6.07) is -0.302. The predicted molar refractivity (Wildman–Crippen MR) is 45.1 cm³/mol. The number of hydrogen-bond donors (Lipinski definition) is 3. The lowest BCUT2D eigenvalue weighted by Crippen LogP contribution is -2.35. The molecule has 0 aromatic rings. The van der Waals surface area contributed by atoms with Crippen LogP contribution in [0.25, 0.3) is 0 Å². The summed E-state index contributed by atoms with van der Waals surface area (Å²) in [7, 11) is 0. The van der Waals surface area contributed by atoms with E-state index in [0.29, 0.717) is 6.42 Å². The second-order valence-electron chi connectivity index (χ2n) is 4.06. The molecule has 11 heavy (non-hydrogen) atoms. The van der Waals surface area contributed by atoms with Gasteiger partial charge in [-0.15, -0.1) is 0 Å². The molecule has 4 N–H and O–H groups in total. The maximum atomic E-state index is 9.50. The Labute approximate surface area is 68.2 Å². The molecule has 0 aromatic heterocycles. The molecule has 0 aliphatic carbocycles. The van der Waals surface area contributed by atoms with Crippen LogP contribution in [0.4, 0.5) is 0 Å². The van der Waals surface area contributed by atoms with Crippen molar-refractivity contribution in [3.63, 3.8) is 0 Å². The molecule has 68 valence electrons. The van der Waals surface area contributed by atoms with Gasteiger partial charge in [-0.05, 0) is 11.8 Å². The molecule has 0 rings (SSSR count). The average molecular weight is 161 g/mol. The minimum absolute atomic E-state index is 0.0624. The van der Waals surface area contributed by atoms with E-state index in [1.807, 2.05) is 20.8 Å². The smallest absolute Gasteiger partial charge is 0.0604 e. The SMILES string of the molecule is CC(C)(C)[C@H](O)C[C@@H](N)CO. The van der Waals surface area contributed by atoms with Crippen molar-refractivity contribution in [2.45, 2.75) is 39.3 Å². The number of rotatable bonds is 3. The lowest BCUT2D eigenvalue weighted by Gasteiger charge is -2.27. The van der Waals surface area contributed by atoms with Gasteiger partial charge in [-0.25, -0.2) is 0 Å². The molecule has 0 aliphatic heterocycles. The third-order valence-corrected chi connectivity index (χ3v) is 1.76. The standard InChI is InChI=1S/C8H19NO2/c1-8(2,3)7(11)4-6(9)5-10/h6-7,10-11H,4-5,9H2,1-3H3/t6-,7-/m1/s1. The summed E-state index contributed by atoms with van der Waals surface area (Å²) in [6.45, 7) is 5.78. The average Bonchev–Trinajstić information content (AvgIpc) is 1.85. The fraction of sp³-hybridized carbons (Fsp3) is 1.00. The zero-order chi connectivity index (χ0) is 9.07. The zero-order valence-electron chi connectivity index (χ0n) is 7.54. The van der Waals surface area contributed by atoms with E-state index in [0.717, 1.165) is 0 Å². The first-order valence-electron chi connectivity index (χ1n) is 3.92. The highest BCUT2D eigenvalue weighted by molar-refractivity contribution is 4.76. The van der Waals surface area contributed by atoms with Crippen LogP contribution in [0.2, 0.25) is 0 Å². The minimum atomic E-state index is -0.440. The van der Waals surface area contributed by atoms with Crippen molar-refractivity contribution in [1.82, 2.24) is 0 Å². The van der Waals surface area contributed by atoms with Crippen LogP contribution >= 0.6 is 0 Å². The highest BCUT2D eigenvalue weighted by Gasteiger charge is 2.23. The first kappa shape index (κ1) is 10.9. The van der Waals surface area contributed by atoms with Gasteiger partial charge in [0.1, 0.15) is 0 Å².